The topological polar surface area (TPSA) is 26.3 Å². The second-order valence-electron chi connectivity index (χ2n) is 4.25. The molecule has 3 heteroatoms. The van der Waals surface area contributed by atoms with Gasteiger partial charge in [0.2, 0.25) is 0 Å². The first-order valence-electron chi connectivity index (χ1n) is 5.57. The third kappa shape index (κ3) is 2.76. The normalized spacial score (nSPS) is 14.9. The van der Waals surface area contributed by atoms with E-state index in [0.29, 0.717) is 22.8 Å². The van der Waals surface area contributed by atoms with E-state index in [4.69, 9.17) is 16.3 Å². The van der Waals surface area contributed by atoms with Crippen LogP contribution in [0, 0.1) is 5.92 Å². The average Bonchev–Trinajstić information content (AvgIpc) is 3.09. The number of hydrogen-bond donors (Lipinski definition) is 0. The van der Waals surface area contributed by atoms with Crippen LogP contribution < -0.4 is 4.74 Å². The van der Waals surface area contributed by atoms with Gasteiger partial charge in [-0.3, -0.25) is 4.79 Å². The molecule has 2 rings (SSSR count). The summed E-state index contributed by atoms with van der Waals surface area (Å²) in [5.41, 5.74) is 0.607. The number of carbonyl (C=O) groups excluding carboxylic acids is 1. The number of ether oxygens (including phenoxy) is 1. The lowest BCUT2D eigenvalue weighted by Gasteiger charge is -2.07. The molecule has 1 aromatic carbocycles. The highest BCUT2D eigenvalue weighted by molar-refractivity contribution is 6.31. The van der Waals surface area contributed by atoms with E-state index in [9.17, 15) is 4.79 Å². The maximum absolute atomic E-state index is 12.0. The van der Waals surface area contributed by atoms with Crippen molar-refractivity contribution in [3.8, 4) is 5.75 Å². The van der Waals surface area contributed by atoms with Crippen molar-refractivity contribution >= 4 is 17.4 Å². The maximum Gasteiger partial charge on any atom is 0.166 e. The number of hydrogen-bond acceptors (Lipinski definition) is 2. The Bertz CT molecular complexity index is 397. The van der Waals surface area contributed by atoms with Gasteiger partial charge in [0.25, 0.3) is 0 Å². The van der Waals surface area contributed by atoms with E-state index in [0.717, 1.165) is 12.3 Å². The van der Waals surface area contributed by atoms with Crippen LogP contribution in [0.2, 0.25) is 5.02 Å². The molecule has 0 unspecified atom stereocenters. The Morgan fingerprint density at radius 1 is 1.50 bits per heavy atom. The maximum atomic E-state index is 12.0. The second-order valence-corrected chi connectivity index (χ2v) is 4.69. The van der Waals surface area contributed by atoms with E-state index in [2.05, 4.69) is 0 Å². The van der Waals surface area contributed by atoms with Crippen molar-refractivity contribution in [3.05, 3.63) is 28.8 Å². The molecule has 0 aliphatic heterocycles. The molecule has 0 spiro atoms. The van der Waals surface area contributed by atoms with Gasteiger partial charge in [0.1, 0.15) is 5.75 Å². The molecule has 0 bridgehead atoms. The monoisotopic (exact) mass is 238 g/mol. The summed E-state index contributed by atoms with van der Waals surface area (Å²) in [6, 6.07) is 5.17. The third-order valence-electron chi connectivity index (χ3n) is 2.94. The van der Waals surface area contributed by atoms with E-state index in [-0.39, 0.29) is 5.78 Å². The molecule has 0 saturated heterocycles. The summed E-state index contributed by atoms with van der Waals surface area (Å²) in [5.74, 6) is 1.52. The molecule has 0 radical (unpaired) electrons. The minimum atomic E-state index is 0.131. The first-order chi connectivity index (χ1) is 7.70. The number of halogens is 1. The van der Waals surface area contributed by atoms with Crippen LogP contribution in [0.15, 0.2) is 18.2 Å². The quantitative estimate of drug-likeness (QED) is 0.731. The summed E-state index contributed by atoms with van der Waals surface area (Å²) in [6.45, 7) is 0. The number of carbonyl (C=O) groups is 1. The van der Waals surface area contributed by atoms with E-state index >= 15 is 0 Å². The summed E-state index contributed by atoms with van der Waals surface area (Å²) < 4.78 is 5.16. The zero-order chi connectivity index (χ0) is 11.5. The van der Waals surface area contributed by atoms with Gasteiger partial charge < -0.3 is 4.74 Å². The summed E-state index contributed by atoms with van der Waals surface area (Å²) in [5, 5.41) is 0.579. The van der Waals surface area contributed by atoms with Crippen molar-refractivity contribution in [3.63, 3.8) is 0 Å². The molecule has 1 aliphatic rings. The minimum absolute atomic E-state index is 0.131. The van der Waals surface area contributed by atoms with E-state index < -0.39 is 0 Å². The molecule has 16 heavy (non-hydrogen) atoms. The van der Waals surface area contributed by atoms with Gasteiger partial charge in [0, 0.05) is 11.4 Å². The van der Waals surface area contributed by atoms with Gasteiger partial charge in [-0.25, -0.2) is 0 Å². The molecule has 0 N–H and O–H groups in total. The number of rotatable bonds is 5. The van der Waals surface area contributed by atoms with Crippen molar-refractivity contribution in [2.45, 2.75) is 25.7 Å². The lowest BCUT2D eigenvalue weighted by molar-refractivity contribution is 0.0975. The predicted molar refractivity (Wildman–Crippen MR) is 64.3 cm³/mol. The molecule has 0 aromatic heterocycles. The standard InChI is InChI=1S/C13H15ClO2/c1-16-13-7-5-10(14)8-11(13)12(15)6-4-9-2-3-9/h5,7-9H,2-4,6H2,1H3. The number of Topliss-reactive ketones (excluding diaryl/α,β-unsaturated/α-hetero) is 1. The molecular formula is C13H15ClO2. The van der Waals surface area contributed by atoms with Gasteiger partial charge in [-0.1, -0.05) is 24.4 Å². The van der Waals surface area contributed by atoms with Crippen LogP contribution in [-0.2, 0) is 0 Å². The molecule has 0 atom stereocenters. The van der Waals surface area contributed by atoms with Crippen LogP contribution in [0.3, 0.4) is 0 Å². The Labute approximate surface area is 101 Å². The lowest BCUT2D eigenvalue weighted by atomic mass is 10.0. The Morgan fingerprint density at radius 2 is 2.25 bits per heavy atom. The molecular weight excluding hydrogens is 224 g/mol. The first-order valence-corrected chi connectivity index (χ1v) is 5.95. The van der Waals surface area contributed by atoms with Gasteiger partial charge in [-0.15, -0.1) is 0 Å². The second kappa shape index (κ2) is 4.88. The van der Waals surface area contributed by atoms with E-state index in [1.807, 2.05) is 0 Å². The van der Waals surface area contributed by atoms with Crippen LogP contribution >= 0.6 is 11.6 Å². The summed E-state index contributed by atoms with van der Waals surface area (Å²) >= 11 is 5.89. The number of methoxy groups -OCH3 is 1. The zero-order valence-corrected chi connectivity index (χ0v) is 10.1. The molecule has 1 aromatic rings. The van der Waals surface area contributed by atoms with Crippen molar-refractivity contribution in [1.29, 1.82) is 0 Å². The smallest absolute Gasteiger partial charge is 0.166 e. The summed E-state index contributed by atoms with van der Waals surface area (Å²) in [6.07, 6.45) is 4.15. The van der Waals surface area contributed by atoms with Gasteiger partial charge in [0.05, 0.1) is 12.7 Å². The predicted octanol–water partition coefficient (Wildman–Crippen LogP) is 3.72. The highest BCUT2D eigenvalue weighted by atomic mass is 35.5. The molecule has 2 nitrogen and oxygen atoms in total. The van der Waals surface area contributed by atoms with Gasteiger partial charge in [-0.2, -0.15) is 0 Å². The zero-order valence-electron chi connectivity index (χ0n) is 9.33. The fourth-order valence-electron chi connectivity index (χ4n) is 1.77. The van der Waals surface area contributed by atoms with Gasteiger partial charge >= 0.3 is 0 Å². The van der Waals surface area contributed by atoms with Crippen molar-refractivity contribution in [1.82, 2.24) is 0 Å². The van der Waals surface area contributed by atoms with Crippen molar-refractivity contribution in [2.75, 3.05) is 7.11 Å². The van der Waals surface area contributed by atoms with Gasteiger partial charge in [0.15, 0.2) is 5.78 Å². The van der Waals surface area contributed by atoms with Gasteiger partial charge in [-0.05, 0) is 30.5 Å². The van der Waals surface area contributed by atoms with E-state index in [1.54, 1.807) is 25.3 Å². The number of benzene rings is 1. The van der Waals surface area contributed by atoms with Crippen LogP contribution in [0.1, 0.15) is 36.0 Å². The Morgan fingerprint density at radius 3 is 2.88 bits per heavy atom. The van der Waals surface area contributed by atoms with Crippen molar-refractivity contribution < 1.29 is 9.53 Å². The SMILES string of the molecule is COc1ccc(Cl)cc1C(=O)CCC1CC1. The minimum Gasteiger partial charge on any atom is -0.496 e. The molecule has 86 valence electrons. The Hall–Kier alpha value is -1.02. The molecule has 0 heterocycles. The Kier molecular flexibility index (Phi) is 3.49. The van der Waals surface area contributed by atoms with Crippen LogP contribution in [0.5, 0.6) is 5.75 Å². The van der Waals surface area contributed by atoms with Crippen LogP contribution in [-0.4, -0.2) is 12.9 Å². The van der Waals surface area contributed by atoms with E-state index in [1.165, 1.54) is 12.8 Å². The first kappa shape index (κ1) is 11.5. The highest BCUT2D eigenvalue weighted by Gasteiger charge is 2.23. The van der Waals surface area contributed by atoms with Crippen LogP contribution in [0.4, 0.5) is 0 Å². The van der Waals surface area contributed by atoms with Crippen LogP contribution in [0.25, 0.3) is 0 Å². The average molecular weight is 239 g/mol. The molecule has 0 amide bonds. The molecule has 1 saturated carbocycles. The third-order valence-corrected chi connectivity index (χ3v) is 3.17. The Balaban J connectivity index is 2.09. The molecule has 1 fully saturated rings. The summed E-state index contributed by atoms with van der Waals surface area (Å²) in [7, 11) is 1.57. The fraction of sp³-hybridized carbons (Fsp3) is 0.462. The largest absolute Gasteiger partial charge is 0.496 e. The fourth-order valence-corrected chi connectivity index (χ4v) is 1.95. The molecule has 1 aliphatic carbocycles. The lowest BCUT2D eigenvalue weighted by Crippen LogP contribution is -2.02. The highest BCUT2D eigenvalue weighted by Crippen LogP contribution is 2.34. The summed E-state index contributed by atoms with van der Waals surface area (Å²) in [4.78, 5) is 12.0. The van der Waals surface area contributed by atoms with Crippen molar-refractivity contribution in [2.24, 2.45) is 5.92 Å². The number of ketones is 1.